The van der Waals surface area contributed by atoms with Gasteiger partial charge in [-0.2, -0.15) is 11.3 Å². The highest BCUT2D eigenvalue weighted by Crippen LogP contribution is 2.20. The predicted molar refractivity (Wildman–Crippen MR) is 78.0 cm³/mol. The molecule has 0 atom stereocenters. The monoisotopic (exact) mass is 294 g/mol. The number of nitrogens with zero attached hydrogens (tertiary/aromatic N) is 3. The lowest BCUT2D eigenvalue weighted by atomic mass is 10.3. The van der Waals surface area contributed by atoms with Crippen LogP contribution in [0.1, 0.15) is 5.56 Å². The minimum Gasteiger partial charge on any atom is -0.381 e. The molecule has 2 N–H and O–H groups in total. The van der Waals surface area contributed by atoms with Crippen LogP contribution in [0.3, 0.4) is 0 Å². The van der Waals surface area contributed by atoms with Crippen LogP contribution in [0.15, 0.2) is 34.2 Å². The molecular weight excluding hydrogens is 280 g/mol. The number of nitrogen functional groups attached to an aromatic ring is 1. The van der Waals surface area contributed by atoms with Crippen LogP contribution in [0.5, 0.6) is 0 Å². The van der Waals surface area contributed by atoms with E-state index in [1.807, 2.05) is 16.8 Å². The number of thiophene rings is 1. The third-order valence-electron chi connectivity index (χ3n) is 2.45. The zero-order valence-corrected chi connectivity index (χ0v) is 12.1. The summed E-state index contributed by atoms with van der Waals surface area (Å²) in [5.41, 5.74) is 6.82. The van der Waals surface area contributed by atoms with Crippen LogP contribution in [-0.4, -0.2) is 33.6 Å². The van der Waals surface area contributed by atoms with Gasteiger partial charge in [0.05, 0.1) is 5.75 Å². The van der Waals surface area contributed by atoms with Crippen LogP contribution in [-0.2, 0) is 11.3 Å². The Morgan fingerprint density at radius 1 is 1.47 bits per heavy atom. The van der Waals surface area contributed by atoms with Gasteiger partial charge in [-0.25, -0.2) is 9.97 Å². The Morgan fingerprint density at radius 2 is 2.26 bits per heavy atom. The van der Waals surface area contributed by atoms with Gasteiger partial charge in [-0.1, -0.05) is 11.8 Å². The summed E-state index contributed by atoms with van der Waals surface area (Å²) in [6.45, 7) is 0.624. The molecule has 0 aliphatic rings. The van der Waals surface area contributed by atoms with Gasteiger partial charge in [0.1, 0.15) is 5.03 Å². The summed E-state index contributed by atoms with van der Waals surface area (Å²) in [6.07, 6.45) is 3.10. The highest BCUT2D eigenvalue weighted by atomic mass is 32.2. The van der Waals surface area contributed by atoms with Crippen molar-refractivity contribution in [1.29, 1.82) is 0 Å². The number of amides is 1. The maximum atomic E-state index is 12.0. The summed E-state index contributed by atoms with van der Waals surface area (Å²) in [7, 11) is 1.79. The number of aromatic nitrogens is 2. The number of thioether (sulfide) groups is 1. The van der Waals surface area contributed by atoms with Crippen LogP contribution in [0.2, 0.25) is 0 Å². The first-order valence-corrected chi connectivity index (χ1v) is 7.54. The lowest BCUT2D eigenvalue weighted by Crippen LogP contribution is -2.27. The van der Waals surface area contributed by atoms with Gasteiger partial charge in [-0.3, -0.25) is 4.79 Å². The van der Waals surface area contributed by atoms with Gasteiger partial charge in [-0.15, -0.1) is 0 Å². The second kappa shape index (κ2) is 6.53. The number of nitrogens with two attached hydrogens (primary N) is 1. The zero-order valence-electron chi connectivity index (χ0n) is 10.4. The topological polar surface area (TPSA) is 72.1 Å². The van der Waals surface area contributed by atoms with Gasteiger partial charge in [-0.05, 0) is 22.4 Å². The van der Waals surface area contributed by atoms with Crippen LogP contribution in [0, 0.1) is 0 Å². The van der Waals surface area contributed by atoms with E-state index in [1.54, 1.807) is 29.5 Å². The van der Waals surface area contributed by atoms with Crippen LogP contribution in [0.25, 0.3) is 0 Å². The first-order valence-electron chi connectivity index (χ1n) is 5.61. The summed E-state index contributed by atoms with van der Waals surface area (Å²) < 4.78 is 0. The van der Waals surface area contributed by atoms with Crippen molar-refractivity contribution in [3.8, 4) is 0 Å². The molecule has 0 aliphatic carbocycles. The summed E-state index contributed by atoms with van der Waals surface area (Å²) in [6, 6.07) is 2.02. The van der Waals surface area contributed by atoms with E-state index < -0.39 is 0 Å². The Balaban J connectivity index is 1.86. The standard InChI is InChI=1S/C12H14N4OS2/c1-16(6-9-2-5-18-7-9)10(17)8-19-12-11(13)14-3-4-15-12/h2-5,7H,6,8H2,1H3,(H2,13,14). The molecule has 0 radical (unpaired) electrons. The van der Waals surface area contributed by atoms with Gasteiger partial charge in [0, 0.05) is 26.0 Å². The highest BCUT2D eigenvalue weighted by molar-refractivity contribution is 8.00. The van der Waals surface area contributed by atoms with E-state index in [1.165, 1.54) is 18.0 Å². The molecule has 0 fully saturated rings. The molecule has 2 aromatic rings. The fraction of sp³-hybridized carbons (Fsp3) is 0.250. The van der Waals surface area contributed by atoms with Gasteiger partial charge >= 0.3 is 0 Å². The Morgan fingerprint density at radius 3 is 2.95 bits per heavy atom. The SMILES string of the molecule is CN(Cc1ccsc1)C(=O)CSc1nccnc1N. The van der Waals surface area contributed by atoms with Crippen molar-refractivity contribution < 1.29 is 4.79 Å². The number of anilines is 1. The molecule has 100 valence electrons. The van der Waals surface area contributed by atoms with Crippen molar-refractivity contribution in [2.45, 2.75) is 11.6 Å². The molecule has 0 spiro atoms. The van der Waals surface area contributed by atoms with Crippen molar-refractivity contribution in [3.05, 3.63) is 34.8 Å². The number of carbonyl (C=O) groups is 1. The molecule has 0 saturated carbocycles. The molecule has 5 nitrogen and oxygen atoms in total. The smallest absolute Gasteiger partial charge is 0.233 e. The average molecular weight is 294 g/mol. The largest absolute Gasteiger partial charge is 0.381 e. The van der Waals surface area contributed by atoms with E-state index in [0.717, 1.165) is 5.56 Å². The second-order valence-corrected chi connectivity index (χ2v) is 5.66. The quantitative estimate of drug-likeness (QED) is 0.852. The average Bonchev–Trinajstić information content (AvgIpc) is 2.90. The predicted octanol–water partition coefficient (Wildman–Crippen LogP) is 1.87. The fourth-order valence-electron chi connectivity index (χ4n) is 1.43. The lowest BCUT2D eigenvalue weighted by Gasteiger charge is -2.16. The number of rotatable bonds is 5. The Kier molecular flexibility index (Phi) is 4.75. The van der Waals surface area contributed by atoms with Gasteiger partial charge in [0.2, 0.25) is 5.91 Å². The summed E-state index contributed by atoms with van der Waals surface area (Å²) in [5, 5.41) is 4.64. The molecular formula is C12H14N4OS2. The Labute approximate surface area is 119 Å². The molecule has 2 heterocycles. The summed E-state index contributed by atoms with van der Waals surface area (Å²) in [4.78, 5) is 21.7. The van der Waals surface area contributed by atoms with E-state index in [-0.39, 0.29) is 5.91 Å². The third-order valence-corrected chi connectivity index (χ3v) is 4.16. The van der Waals surface area contributed by atoms with E-state index in [0.29, 0.717) is 23.1 Å². The maximum Gasteiger partial charge on any atom is 0.233 e. The van der Waals surface area contributed by atoms with E-state index in [4.69, 9.17) is 5.73 Å². The molecule has 0 aromatic carbocycles. The fourth-order valence-corrected chi connectivity index (χ4v) is 2.91. The lowest BCUT2D eigenvalue weighted by molar-refractivity contribution is -0.127. The molecule has 2 aromatic heterocycles. The second-order valence-electron chi connectivity index (χ2n) is 3.92. The van der Waals surface area contributed by atoms with Crippen LogP contribution in [0.4, 0.5) is 5.82 Å². The number of hydrogen-bond acceptors (Lipinski definition) is 6. The van der Waals surface area contributed by atoms with Crippen molar-refractivity contribution in [2.24, 2.45) is 0 Å². The molecule has 0 saturated heterocycles. The Bertz CT molecular complexity index is 544. The van der Waals surface area contributed by atoms with E-state index in [2.05, 4.69) is 9.97 Å². The van der Waals surface area contributed by atoms with Crippen LogP contribution < -0.4 is 5.73 Å². The molecule has 0 bridgehead atoms. The number of hydrogen-bond donors (Lipinski definition) is 1. The molecule has 1 amide bonds. The minimum atomic E-state index is 0.0428. The van der Waals surface area contributed by atoms with Gasteiger partial charge in [0.15, 0.2) is 5.82 Å². The molecule has 0 unspecified atom stereocenters. The molecule has 7 heteroatoms. The van der Waals surface area contributed by atoms with Gasteiger partial charge < -0.3 is 10.6 Å². The first-order chi connectivity index (χ1) is 9.16. The highest BCUT2D eigenvalue weighted by Gasteiger charge is 2.11. The van der Waals surface area contributed by atoms with Crippen molar-refractivity contribution in [2.75, 3.05) is 18.5 Å². The first kappa shape index (κ1) is 13.8. The summed E-state index contributed by atoms with van der Waals surface area (Å²) >= 11 is 2.94. The van der Waals surface area contributed by atoms with Gasteiger partial charge in [0.25, 0.3) is 0 Å². The number of carbonyl (C=O) groups excluding carboxylic acids is 1. The van der Waals surface area contributed by atoms with E-state index >= 15 is 0 Å². The Hall–Kier alpha value is -1.60. The normalized spacial score (nSPS) is 10.4. The zero-order chi connectivity index (χ0) is 13.7. The van der Waals surface area contributed by atoms with E-state index in [9.17, 15) is 4.79 Å². The van der Waals surface area contributed by atoms with Crippen molar-refractivity contribution in [3.63, 3.8) is 0 Å². The summed E-state index contributed by atoms with van der Waals surface area (Å²) in [5.74, 6) is 0.714. The maximum absolute atomic E-state index is 12.0. The van der Waals surface area contributed by atoms with Crippen LogP contribution >= 0.6 is 23.1 Å². The molecule has 19 heavy (non-hydrogen) atoms. The minimum absolute atomic E-state index is 0.0428. The molecule has 2 rings (SSSR count). The third kappa shape index (κ3) is 3.93. The van der Waals surface area contributed by atoms with Crippen molar-refractivity contribution in [1.82, 2.24) is 14.9 Å². The molecule has 0 aliphatic heterocycles. The van der Waals surface area contributed by atoms with Crippen molar-refractivity contribution >= 4 is 34.8 Å².